The van der Waals surface area contributed by atoms with Gasteiger partial charge in [-0.2, -0.15) is 0 Å². The molecule has 2 bridgehead atoms. The van der Waals surface area contributed by atoms with Crippen molar-refractivity contribution >= 4 is 17.3 Å². The lowest BCUT2D eigenvalue weighted by Gasteiger charge is -2.74. The SMILES string of the molecule is C=C1[C@H]2CC[C@@]34C(C2)[C@]2(CO)CCC[C@@](C)(COC(=O)c5cccs5)C2C[C@H]3OC(C)(C)O[C@@H]14. The van der Waals surface area contributed by atoms with E-state index in [0.29, 0.717) is 23.3 Å². The first-order valence-corrected chi connectivity index (χ1v) is 13.9. The molecule has 34 heavy (non-hydrogen) atoms. The molecule has 0 aromatic carbocycles. The molecule has 2 unspecified atom stereocenters. The first-order chi connectivity index (χ1) is 16.2. The number of hydrogen-bond donors (Lipinski definition) is 1. The Kier molecular flexibility index (Phi) is 5.22. The number of ether oxygens (including phenoxy) is 3. The van der Waals surface area contributed by atoms with Gasteiger partial charge in [0.25, 0.3) is 0 Å². The number of carbonyl (C=O) groups excluding carboxylic acids is 1. The molecule has 7 rings (SSSR count). The average Bonchev–Trinajstić information content (AvgIpc) is 3.35. The van der Waals surface area contributed by atoms with Crippen LogP contribution < -0.4 is 0 Å². The number of rotatable bonds is 4. The Hall–Kier alpha value is -1.21. The minimum Gasteiger partial charge on any atom is -0.461 e. The number of esters is 1. The molecule has 0 radical (unpaired) electrons. The van der Waals surface area contributed by atoms with Crippen molar-refractivity contribution in [3.63, 3.8) is 0 Å². The van der Waals surface area contributed by atoms with E-state index in [2.05, 4.69) is 13.5 Å². The van der Waals surface area contributed by atoms with Crippen molar-refractivity contribution in [3.05, 3.63) is 34.5 Å². The van der Waals surface area contributed by atoms with Crippen LogP contribution >= 0.6 is 11.3 Å². The maximum Gasteiger partial charge on any atom is 0.348 e. The zero-order chi connectivity index (χ0) is 23.9. The Morgan fingerprint density at radius 1 is 1.21 bits per heavy atom. The van der Waals surface area contributed by atoms with E-state index >= 15 is 0 Å². The lowest BCUT2D eigenvalue weighted by Crippen LogP contribution is -2.75. The van der Waals surface area contributed by atoms with Crippen LogP contribution in [0.1, 0.15) is 75.4 Å². The molecule has 5 aliphatic carbocycles. The van der Waals surface area contributed by atoms with Crippen LogP contribution in [0.15, 0.2) is 29.7 Å². The Labute approximate surface area is 206 Å². The predicted molar refractivity (Wildman–Crippen MR) is 130 cm³/mol. The van der Waals surface area contributed by atoms with Gasteiger partial charge in [0.2, 0.25) is 0 Å². The molecule has 1 aliphatic heterocycles. The highest BCUT2D eigenvalue weighted by Gasteiger charge is 2.74. The summed E-state index contributed by atoms with van der Waals surface area (Å²) in [5.74, 6) is 0.143. The molecule has 1 aromatic rings. The number of hydrogen-bond acceptors (Lipinski definition) is 6. The quantitative estimate of drug-likeness (QED) is 0.444. The zero-order valence-electron chi connectivity index (χ0n) is 20.7. The van der Waals surface area contributed by atoms with Gasteiger partial charge in [-0.05, 0) is 87.1 Å². The molecule has 5 saturated carbocycles. The van der Waals surface area contributed by atoms with Crippen LogP contribution in [0.4, 0.5) is 0 Å². The molecule has 5 nitrogen and oxygen atoms in total. The summed E-state index contributed by atoms with van der Waals surface area (Å²) in [7, 11) is 0. The highest BCUT2D eigenvalue weighted by molar-refractivity contribution is 7.11. The Bertz CT molecular complexity index is 987. The summed E-state index contributed by atoms with van der Waals surface area (Å²) in [6.07, 6.45) is 7.34. The topological polar surface area (TPSA) is 65.0 Å². The normalized spacial score (nSPS) is 46.5. The van der Waals surface area contributed by atoms with Gasteiger partial charge in [0.05, 0.1) is 18.8 Å². The standard InChI is InChI=1S/C28H38O5S/c1-17-18-8-11-28-21(13-18)27(15-29)10-6-9-26(4,16-31-24(30)19-7-5-12-34-19)20(27)14-22(28)32-25(2,3)33-23(17)28/h5,7,12,18,20-23,29H,1,6,8-11,13-16H2,2-4H3/t18-,20?,21?,22+,23-,26-,27-,28+/m0/s1. The molecule has 8 atom stereocenters. The molecule has 0 amide bonds. The maximum absolute atomic E-state index is 12.7. The van der Waals surface area contributed by atoms with Gasteiger partial charge >= 0.3 is 5.97 Å². The van der Waals surface area contributed by atoms with Crippen LogP contribution in [0.3, 0.4) is 0 Å². The number of aliphatic hydroxyl groups excluding tert-OH is 1. The van der Waals surface area contributed by atoms with Gasteiger partial charge in [0, 0.05) is 22.9 Å². The lowest BCUT2D eigenvalue weighted by atomic mass is 9.35. The minimum absolute atomic E-state index is 0.00737. The van der Waals surface area contributed by atoms with E-state index in [4.69, 9.17) is 14.2 Å². The number of thiophene rings is 1. The Balaban J connectivity index is 1.38. The van der Waals surface area contributed by atoms with Crippen LogP contribution in [-0.4, -0.2) is 42.3 Å². The first kappa shape index (κ1) is 23.2. The van der Waals surface area contributed by atoms with E-state index in [-0.39, 0.29) is 46.9 Å². The van der Waals surface area contributed by atoms with Crippen molar-refractivity contribution in [1.29, 1.82) is 0 Å². The lowest BCUT2D eigenvalue weighted by molar-refractivity contribution is -0.397. The summed E-state index contributed by atoms with van der Waals surface area (Å²) in [5, 5.41) is 13.0. The summed E-state index contributed by atoms with van der Waals surface area (Å²) in [5.41, 5.74) is 0.764. The average molecular weight is 487 g/mol. The summed E-state index contributed by atoms with van der Waals surface area (Å²) in [6, 6.07) is 3.70. The fourth-order valence-electron chi connectivity index (χ4n) is 9.15. The van der Waals surface area contributed by atoms with Gasteiger partial charge in [-0.1, -0.05) is 26.0 Å². The summed E-state index contributed by atoms with van der Waals surface area (Å²) < 4.78 is 19.3. The van der Waals surface area contributed by atoms with Gasteiger partial charge < -0.3 is 19.3 Å². The maximum atomic E-state index is 12.7. The highest BCUT2D eigenvalue weighted by Crippen LogP contribution is 2.74. The van der Waals surface area contributed by atoms with Crippen molar-refractivity contribution < 1.29 is 24.1 Å². The van der Waals surface area contributed by atoms with Gasteiger partial charge in [-0.15, -0.1) is 11.3 Å². The van der Waals surface area contributed by atoms with Crippen LogP contribution in [0, 0.1) is 34.0 Å². The monoisotopic (exact) mass is 486 g/mol. The highest BCUT2D eigenvalue weighted by atomic mass is 32.1. The Morgan fingerprint density at radius 3 is 2.76 bits per heavy atom. The van der Waals surface area contributed by atoms with Crippen molar-refractivity contribution in [2.24, 2.45) is 34.0 Å². The van der Waals surface area contributed by atoms with Crippen LogP contribution in [-0.2, 0) is 14.2 Å². The van der Waals surface area contributed by atoms with Crippen molar-refractivity contribution in [2.75, 3.05) is 13.2 Å². The molecule has 6 aliphatic rings. The summed E-state index contributed by atoms with van der Waals surface area (Å²) >= 11 is 1.42. The molecular weight excluding hydrogens is 448 g/mol. The van der Waals surface area contributed by atoms with Crippen LogP contribution in [0.2, 0.25) is 0 Å². The fraction of sp³-hybridized carbons (Fsp3) is 0.750. The zero-order valence-corrected chi connectivity index (χ0v) is 21.5. The number of aliphatic hydroxyl groups is 1. The summed E-state index contributed by atoms with van der Waals surface area (Å²) in [6.45, 7) is 11.4. The first-order valence-electron chi connectivity index (χ1n) is 13.0. The van der Waals surface area contributed by atoms with E-state index in [0.717, 1.165) is 44.9 Å². The third kappa shape index (κ3) is 3.04. The predicted octanol–water partition coefficient (Wildman–Crippen LogP) is 5.59. The molecule has 186 valence electrons. The molecule has 6 heteroatoms. The molecule has 2 heterocycles. The van der Waals surface area contributed by atoms with Crippen LogP contribution in [0.25, 0.3) is 0 Å². The third-order valence-electron chi connectivity index (χ3n) is 10.5. The van der Waals surface area contributed by atoms with Crippen LogP contribution in [0.5, 0.6) is 0 Å². The second kappa shape index (κ2) is 7.64. The van der Waals surface area contributed by atoms with E-state index in [9.17, 15) is 9.90 Å². The van der Waals surface area contributed by atoms with E-state index in [1.54, 1.807) is 0 Å². The number of fused-ring (bicyclic) bond motifs is 2. The molecule has 1 aromatic heterocycles. The second-order valence-corrected chi connectivity index (χ2v) is 13.4. The molecular formula is C28H38O5S. The largest absolute Gasteiger partial charge is 0.461 e. The van der Waals surface area contributed by atoms with Crippen molar-refractivity contribution in [2.45, 2.75) is 83.7 Å². The fourth-order valence-corrected chi connectivity index (χ4v) is 9.77. The molecule has 1 spiro atoms. The smallest absolute Gasteiger partial charge is 0.348 e. The van der Waals surface area contributed by atoms with E-state index in [1.165, 1.54) is 16.9 Å². The van der Waals surface area contributed by atoms with Gasteiger partial charge in [-0.25, -0.2) is 4.79 Å². The summed E-state index contributed by atoms with van der Waals surface area (Å²) in [4.78, 5) is 13.4. The second-order valence-electron chi connectivity index (χ2n) is 12.5. The molecule has 1 N–H and O–H groups in total. The molecule has 6 fully saturated rings. The third-order valence-corrected chi connectivity index (χ3v) is 11.3. The van der Waals surface area contributed by atoms with E-state index < -0.39 is 5.79 Å². The van der Waals surface area contributed by atoms with E-state index in [1.807, 2.05) is 31.4 Å². The van der Waals surface area contributed by atoms with Crippen molar-refractivity contribution in [1.82, 2.24) is 0 Å². The molecule has 1 saturated heterocycles. The Morgan fingerprint density at radius 2 is 2.03 bits per heavy atom. The number of carbonyl (C=O) groups is 1. The van der Waals surface area contributed by atoms with Crippen molar-refractivity contribution in [3.8, 4) is 0 Å². The van der Waals surface area contributed by atoms with Gasteiger partial charge in [0.15, 0.2) is 5.79 Å². The minimum atomic E-state index is -0.651. The van der Waals surface area contributed by atoms with Gasteiger partial charge in [0.1, 0.15) is 4.88 Å². The van der Waals surface area contributed by atoms with Gasteiger partial charge in [-0.3, -0.25) is 0 Å².